The minimum atomic E-state index is -0.231. The zero-order valence-electron chi connectivity index (χ0n) is 21.5. The van der Waals surface area contributed by atoms with Gasteiger partial charge in [0, 0.05) is 30.8 Å². The van der Waals surface area contributed by atoms with Gasteiger partial charge in [-0.25, -0.2) is 4.68 Å². The van der Waals surface area contributed by atoms with Crippen LogP contribution in [0, 0.1) is 13.8 Å². The Kier molecular flexibility index (Phi) is 8.54. The van der Waals surface area contributed by atoms with Crippen molar-refractivity contribution in [3.8, 4) is 5.69 Å². The summed E-state index contributed by atoms with van der Waals surface area (Å²) in [4.78, 5) is 26.9. The van der Waals surface area contributed by atoms with E-state index in [1.54, 1.807) is 0 Å². The largest absolute Gasteiger partial charge is 0.469 e. The number of benzene rings is 2. The number of nitrogens with one attached hydrogen (secondary N) is 1. The average Bonchev–Trinajstić information content (AvgIpc) is 3.20. The van der Waals surface area contributed by atoms with Crippen molar-refractivity contribution < 1.29 is 14.3 Å². The summed E-state index contributed by atoms with van der Waals surface area (Å²) in [6.07, 6.45) is 4.76. The zero-order valence-corrected chi connectivity index (χ0v) is 21.5. The summed E-state index contributed by atoms with van der Waals surface area (Å²) < 4.78 is 6.62. The van der Waals surface area contributed by atoms with Crippen LogP contribution < -0.4 is 5.32 Å². The summed E-state index contributed by atoms with van der Waals surface area (Å²) >= 11 is 0. The highest BCUT2D eigenvalue weighted by Crippen LogP contribution is 2.20. The third-order valence-electron chi connectivity index (χ3n) is 7.02. The van der Waals surface area contributed by atoms with Crippen LogP contribution in [-0.4, -0.2) is 46.8 Å². The Hall–Kier alpha value is -3.45. The van der Waals surface area contributed by atoms with Crippen molar-refractivity contribution in [2.24, 2.45) is 0 Å². The van der Waals surface area contributed by atoms with Gasteiger partial charge in [-0.15, -0.1) is 0 Å². The summed E-state index contributed by atoms with van der Waals surface area (Å²) in [5.74, 6) is -0.326. The van der Waals surface area contributed by atoms with E-state index in [0.717, 1.165) is 47.8 Å². The van der Waals surface area contributed by atoms with Crippen LogP contribution in [0.5, 0.6) is 0 Å². The third-order valence-corrected chi connectivity index (χ3v) is 7.02. The highest BCUT2D eigenvalue weighted by atomic mass is 16.5. The number of esters is 1. The van der Waals surface area contributed by atoms with E-state index in [2.05, 4.69) is 33.5 Å². The fourth-order valence-electron chi connectivity index (χ4n) is 4.89. The first-order valence-electron chi connectivity index (χ1n) is 12.8. The van der Waals surface area contributed by atoms with E-state index in [9.17, 15) is 9.59 Å². The number of rotatable bonds is 9. The van der Waals surface area contributed by atoms with Crippen LogP contribution in [0.4, 0.5) is 0 Å². The quantitative estimate of drug-likeness (QED) is 0.449. The molecule has 0 saturated carbocycles. The average molecular weight is 489 g/mol. The van der Waals surface area contributed by atoms with E-state index < -0.39 is 0 Å². The second-order valence-corrected chi connectivity index (χ2v) is 9.47. The normalized spacial score (nSPS) is 14.0. The van der Waals surface area contributed by atoms with Crippen molar-refractivity contribution in [3.05, 3.63) is 82.2 Å². The van der Waals surface area contributed by atoms with E-state index in [0.29, 0.717) is 24.9 Å². The summed E-state index contributed by atoms with van der Waals surface area (Å²) in [6, 6.07) is 15.8. The molecule has 1 saturated heterocycles. The molecule has 4 rings (SSSR count). The Balaban J connectivity index is 1.39. The van der Waals surface area contributed by atoms with Gasteiger partial charge in [-0.1, -0.05) is 30.7 Å². The molecule has 2 aromatic carbocycles. The first-order valence-corrected chi connectivity index (χ1v) is 12.8. The topological polar surface area (TPSA) is 76.5 Å². The predicted molar refractivity (Wildman–Crippen MR) is 140 cm³/mol. The molecule has 0 radical (unpaired) electrons. The molecule has 1 amide bonds. The number of aromatic nitrogens is 2. The van der Waals surface area contributed by atoms with Gasteiger partial charge in [0.05, 0.1) is 18.5 Å². The number of aryl methyl sites for hydroxylation is 1. The fourth-order valence-corrected chi connectivity index (χ4v) is 4.89. The first-order chi connectivity index (χ1) is 17.5. The summed E-state index contributed by atoms with van der Waals surface area (Å²) in [5, 5.41) is 7.74. The number of carbonyl (C=O) groups is 2. The number of carbonyl (C=O) groups excluding carboxylic acids is 2. The second kappa shape index (κ2) is 12.0. The van der Waals surface area contributed by atoms with E-state index in [1.165, 1.54) is 31.9 Å². The van der Waals surface area contributed by atoms with Crippen LogP contribution in [0.1, 0.15) is 64.1 Å². The molecule has 1 aliphatic heterocycles. The van der Waals surface area contributed by atoms with Crippen LogP contribution in [0.2, 0.25) is 0 Å². The highest BCUT2D eigenvalue weighted by molar-refractivity contribution is 5.94. The lowest BCUT2D eigenvalue weighted by molar-refractivity contribution is -0.140. The molecule has 7 nitrogen and oxygen atoms in total. The van der Waals surface area contributed by atoms with Gasteiger partial charge in [0.15, 0.2) is 0 Å². The van der Waals surface area contributed by atoms with Gasteiger partial charge in [0.25, 0.3) is 5.91 Å². The molecular weight excluding hydrogens is 452 g/mol. The molecule has 0 unspecified atom stereocenters. The number of methoxy groups -OCH3 is 1. The smallest absolute Gasteiger partial charge is 0.305 e. The number of hydrogen-bond donors (Lipinski definition) is 1. The highest BCUT2D eigenvalue weighted by Gasteiger charge is 2.16. The van der Waals surface area contributed by atoms with Gasteiger partial charge < -0.3 is 10.1 Å². The van der Waals surface area contributed by atoms with Crippen LogP contribution in [0.25, 0.3) is 5.69 Å². The van der Waals surface area contributed by atoms with Crippen LogP contribution >= 0.6 is 0 Å². The molecule has 0 bridgehead atoms. The van der Waals surface area contributed by atoms with Crippen LogP contribution in [0.15, 0.2) is 48.5 Å². The SMILES string of the molecule is COC(=O)CCc1c(C)nn(-c2ccc(C(=O)NCc3ccccc3CN3CCCCC3)cc2)c1C. The Morgan fingerprint density at radius 1 is 0.972 bits per heavy atom. The van der Waals surface area contributed by atoms with Crippen LogP contribution in [0.3, 0.4) is 0 Å². The predicted octanol–water partition coefficient (Wildman–Crippen LogP) is 4.51. The minimum Gasteiger partial charge on any atom is -0.469 e. The van der Waals surface area contributed by atoms with Crippen molar-refractivity contribution in [1.82, 2.24) is 20.0 Å². The lowest BCUT2D eigenvalue weighted by Crippen LogP contribution is -2.30. The maximum atomic E-state index is 12.9. The molecule has 1 aromatic heterocycles. The van der Waals surface area contributed by atoms with Crippen molar-refractivity contribution in [3.63, 3.8) is 0 Å². The number of nitrogens with zero attached hydrogens (tertiary/aromatic N) is 3. The molecule has 2 heterocycles. The van der Waals surface area contributed by atoms with Gasteiger partial charge >= 0.3 is 5.97 Å². The number of hydrogen-bond acceptors (Lipinski definition) is 5. The number of likely N-dealkylation sites (tertiary alicyclic amines) is 1. The molecular formula is C29H36N4O3. The third kappa shape index (κ3) is 6.21. The maximum absolute atomic E-state index is 12.9. The number of ether oxygens (including phenoxy) is 1. The first kappa shape index (κ1) is 25.6. The van der Waals surface area contributed by atoms with Crippen LogP contribution in [-0.2, 0) is 29.0 Å². The molecule has 3 aromatic rings. The van der Waals surface area contributed by atoms with Gasteiger partial charge in [-0.3, -0.25) is 14.5 Å². The Bertz CT molecular complexity index is 1190. The molecule has 1 fully saturated rings. The van der Waals surface area contributed by atoms with E-state index in [4.69, 9.17) is 4.74 Å². The molecule has 7 heteroatoms. The monoisotopic (exact) mass is 488 g/mol. The summed E-state index contributed by atoms with van der Waals surface area (Å²) in [7, 11) is 1.40. The molecule has 1 N–H and O–H groups in total. The Labute approximate surface area is 213 Å². The lowest BCUT2D eigenvalue weighted by Gasteiger charge is -2.27. The van der Waals surface area contributed by atoms with Crippen molar-refractivity contribution in [1.29, 1.82) is 0 Å². The van der Waals surface area contributed by atoms with Gasteiger partial charge in [0.2, 0.25) is 0 Å². The minimum absolute atomic E-state index is 0.0959. The van der Waals surface area contributed by atoms with E-state index in [1.807, 2.05) is 48.9 Å². The zero-order chi connectivity index (χ0) is 25.5. The number of piperidine rings is 1. The standard InChI is InChI=1S/C29H36N4O3/c1-21-27(15-16-28(34)36-3)22(2)33(31-21)26-13-11-23(12-14-26)29(35)30-19-24-9-5-6-10-25(24)20-32-17-7-4-8-18-32/h5-6,9-14H,4,7-8,15-20H2,1-3H3,(H,30,35). The van der Waals surface area contributed by atoms with E-state index in [-0.39, 0.29) is 11.9 Å². The lowest BCUT2D eigenvalue weighted by atomic mass is 10.0. The van der Waals surface area contributed by atoms with Gasteiger partial charge in [-0.2, -0.15) is 5.10 Å². The van der Waals surface area contributed by atoms with Gasteiger partial charge in [-0.05, 0) is 87.2 Å². The molecule has 36 heavy (non-hydrogen) atoms. The molecule has 1 aliphatic rings. The molecule has 0 spiro atoms. The van der Waals surface area contributed by atoms with Crippen molar-refractivity contribution in [2.45, 2.75) is 59.0 Å². The summed E-state index contributed by atoms with van der Waals surface area (Å²) in [5.41, 5.74) is 6.85. The van der Waals surface area contributed by atoms with E-state index >= 15 is 0 Å². The van der Waals surface area contributed by atoms with Gasteiger partial charge in [0.1, 0.15) is 0 Å². The second-order valence-electron chi connectivity index (χ2n) is 9.47. The summed E-state index contributed by atoms with van der Waals surface area (Å²) in [6.45, 7) is 7.68. The molecule has 190 valence electrons. The van der Waals surface area contributed by atoms with Crippen molar-refractivity contribution in [2.75, 3.05) is 20.2 Å². The molecule has 0 atom stereocenters. The Morgan fingerprint density at radius 3 is 2.36 bits per heavy atom. The maximum Gasteiger partial charge on any atom is 0.305 e. The molecule has 0 aliphatic carbocycles. The van der Waals surface area contributed by atoms with Crippen molar-refractivity contribution >= 4 is 11.9 Å². The fraction of sp³-hybridized carbons (Fsp3) is 0.414. The Morgan fingerprint density at radius 2 is 1.67 bits per heavy atom. The number of amides is 1.